The predicted octanol–water partition coefficient (Wildman–Crippen LogP) is 1.27. The average Bonchev–Trinajstić information content (AvgIpc) is 2.73. The van der Waals surface area contributed by atoms with Crippen molar-refractivity contribution in [3.05, 3.63) is 23.8 Å². The molecule has 0 bridgehead atoms. The van der Waals surface area contributed by atoms with Crippen LogP contribution in [0.2, 0.25) is 0 Å². The molecule has 2 aliphatic rings. The molecule has 3 rings (SSSR count). The number of benzene rings is 1. The van der Waals surface area contributed by atoms with Crippen LogP contribution in [-0.2, 0) is 19.6 Å². The molecule has 1 aromatic carbocycles. The highest BCUT2D eigenvalue weighted by molar-refractivity contribution is 7.89. The Kier molecular flexibility index (Phi) is 6.79. The van der Waals surface area contributed by atoms with Crippen molar-refractivity contribution < 1.29 is 22.7 Å². The van der Waals surface area contributed by atoms with Crippen molar-refractivity contribution >= 4 is 21.8 Å². The Morgan fingerprint density at radius 1 is 1.10 bits per heavy atom. The molecule has 0 radical (unpaired) electrons. The van der Waals surface area contributed by atoms with Gasteiger partial charge in [0.1, 0.15) is 5.75 Å². The molecule has 0 aromatic heterocycles. The van der Waals surface area contributed by atoms with Crippen LogP contribution in [0.15, 0.2) is 23.1 Å². The van der Waals surface area contributed by atoms with Crippen molar-refractivity contribution in [3.8, 4) is 5.75 Å². The summed E-state index contributed by atoms with van der Waals surface area (Å²) in [5, 5.41) is 0. The van der Waals surface area contributed by atoms with Gasteiger partial charge in [-0.1, -0.05) is 6.42 Å². The normalized spacial score (nSPS) is 19.1. The van der Waals surface area contributed by atoms with Gasteiger partial charge in [0, 0.05) is 32.1 Å². The zero-order valence-corrected chi connectivity index (χ0v) is 17.6. The number of hydrogen-bond acceptors (Lipinski definition) is 5. The number of rotatable bonds is 6. The summed E-state index contributed by atoms with van der Waals surface area (Å²) in [6.07, 6.45) is 3.98. The molecular weight excluding hydrogens is 394 g/mol. The molecule has 2 amide bonds. The van der Waals surface area contributed by atoms with E-state index in [-0.39, 0.29) is 29.2 Å². The van der Waals surface area contributed by atoms with E-state index in [0.29, 0.717) is 50.3 Å². The van der Waals surface area contributed by atoms with E-state index in [4.69, 9.17) is 10.5 Å². The first-order valence-corrected chi connectivity index (χ1v) is 11.5. The van der Waals surface area contributed by atoms with Gasteiger partial charge in [0.15, 0.2) is 6.61 Å². The number of ether oxygens (including phenoxy) is 1. The van der Waals surface area contributed by atoms with Crippen molar-refractivity contribution in [2.45, 2.75) is 43.9 Å². The fraction of sp³-hybridized carbons (Fsp3) is 0.600. The summed E-state index contributed by atoms with van der Waals surface area (Å²) in [6.45, 7) is 3.73. The summed E-state index contributed by atoms with van der Waals surface area (Å²) in [4.78, 5) is 25.5. The number of aryl methyl sites for hydroxylation is 1. The number of likely N-dealkylation sites (tertiary alicyclic amines) is 1. The summed E-state index contributed by atoms with van der Waals surface area (Å²) >= 11 is 0. The fourth-order valence-corrected chi connectivity index (χ4v) is 5.45. The third-order valence-corrected chi connectivity index (χ3v) is 7.60. The van der Waals surface area contributed by atoms with Gasteiger partial charge in [-0.05, 0) is 56.4 Å². The standard InChI is InChI=1S/C20H29N3O5S/c1-15-13-17(29(26,27)23-9-3-2-4-10-23)5-6-18(15)28-14-19(24)22-11-7-16(8-12-22)20(21)25/h5-6,13,16H,2-4,7-12,14H2,1H3,(H2,21,25). The van der Waals surface area contributed by atoms with Gasteiger partial charge in [0.05, 0.1) is 4.90 Å². The molecule has 2 aliphatic heterocycles. The molecule has 0 saturated carbocycles. The van der Waals surface area contributed by atoms with Crippen LogP contribution in [0.4, 0.5) is 0 Å². The molecule has 1 aromatic rings. The lowest BCUT2D eigenvalue weighted by atomic mass is 9.96. The van der Waals surface area contributed by atoms with Crippen LogP contribution in [0, 0.1) is 12.8 Å². The van der Waals surface area contributed by atoms with Crippen molar-refractivity contribution in [1.29, 1.82) is 0 Å². The SMILES string of the molecule is Cc1cc(S(=O)(=O)N2CCCCC2)ccc1OCC(=O)N1CCC(C(N)=O)CC1. The summed E-state index contributed by atoms with van der Waals surface area (Å²) < 4.78 is 32.8. The van der Waals surface area contributed by atoms with Gasteiger partial charge in [-0.2, -0.15) is 4.31 Å². The molecule has 0 aliphatic carbocycles. The summed E-state index contributed by atoms with van der Waals surface area (Å²) in [6, 6.07) is 4.75. The Balaban J connectivity index is 1.58. The minimum atomic E-state index is -3.50. The molecule has 29 heavy (non-hydrogen) atoms. The maximum Gasteiger partial charge on any atom is 0.260 e. The van der Waals surface area contributed by atoms with Crippen LogP contribution in [0.5, 0.6) is 5.75 Å². The summed E-state index contributed by atoms with van der Waals surface area (Å²) in [5.74, 6) is -0.152. The van der Waals surface area contributed by atoms with E-state index in [1.807, 2.05) is 0 Å². The van der Waals surface area contributed by atoms with Crippen molar-refractivity contribution in [2.75, 3.05) is 32.8 Å². The molecule has 160 valence electrons. The van der Waals surface area contributed by atoms with E-state index in [9.17, 15) is 18.0 Å². The lowest BCUT2D eigenvalue weighted by Crippen LogP contribution is -2.43. The predicted molar refractivity (Wildman–Crippen MR) is 108 cm³/mol. The van der Waals surface area contributed by atoms with Crippen LogP contribution in [0.1, 0.15) is 37.7 Å². The lowest BCUT2D eigenvalue weighted by Gasteiger charge is -2.30. The molecule has 9 heteroatoms. The molecule has 2 saturated heterocycles. The van der Waals surface area contributed by atoms with E-state index in [1.165, 1.54) is 10.4 Å². The van der Waals surface area contributed by atoms with E-state index < -0.39 is 10.0 Å². The highest BCUT2D eigenvalue weighted by Gasteiger charge is 2.27. The third-order valence-electron chi connectivity index (χ3n) is 5.70. The van der Waals surface area contributed by atoms with Gasteiger partial charge < -0.3 is 15.4 Å². The topological polar surface area (TPSA) is 110 Å². The fourth-order valence-electron chi connectivity index (χ4n) is 3.84. The zero-order valence-electron chi connectivity index (χ0n) is 16.8. The van der Waals surface area contributed by atoms with Gasteiger partial charge in [-0.15, -0.1) is 0 Å². The maximum atomic E-state index is 12.8. The molecule has 2 fully saturated rings. The van der Waals surface area contributed by atoms with E-state index in [2.05, 4.69) is 0 Å². The Morgan fingerprint density at radius 3 is 2.34 bits per heavy atom. The zero-order chi connectivity index (χ0) is 21.0. The molecular formula is C20H29N3O5S. The minimum Gasteiger partial charge on any atom is -0.483 e. The van der Waals surface area contributed by atoms with E-state index in [0.717, 1.165) is 19.3 Å². The van der Waals surface area contributed by atoms with Gasteiger partial charge in [0.2, 0.25) is 15.9 Å². The monoisotopic (exact) mass is 423 g/mol. The van der Waals surface area contributed by atoms with Gasteiger partial charge >= 0.3 is 0 Å². The Labute approximate surface area is 172 Å². The number of carbonyl (C=O) groups is 2. The Bertz CT molecular complexity index is 857. The number of sulfonamides is 1. The number of hydrogen-bond donors (Lipinski definition) is 1. The lowest BCUT2D eigenvalue weighted by molar-refractivity contribution is -0.136. The number of carbonyl (C=O) groups excluding carboxylic acids is 2. The first-order valence-electron chi connectivity index (χ1n) is 10.1. The largest absolute Gasteiger partial charge is 0.483 e. The minimum absolute atomic E-state index is 0.125. The van der Waals surface area contributed by atoms with Crippen molar-refractivity contribution in [1.82, 2.24) is 9.21 Å². The number of amides is 2. The van der Waals surface area contributed by atoms with Gasteiger partial charge in [0.25, 0.3) is 5.91 Å². The molecule has 0 atom stereocenters. The molecule has 2 N–H and O–H groups in total. The first kappa shape index (κ1) is 21.6. The highest BCUT2D eigenvalue weighted by Crippen LogP contribution is 2.26. The number of piperidine rings is 2. The highest BCUT2D eigenvalue weighted by atomic mass is 32.2. The maximum absolute atomic E-state index is 12.8. The van der Waals surface area contributed by atoms with Gasteiger partial charge in [-0.3, -0.25) is 9.59 Å². The molecule has 0 unspecified atom stereocenters. The second-order valence-electron chi connectivity index (χ2n) is 7.74. The van der Waals surface area contributed by atoms with Crippen LogP contribution >= 0.6 is 0 Å². The molecule has 0 spiro atoms. The van der Waals surface area contributed by atoms with E-state index >= 15 is 0 Å². The molecule has 2 heterocycles. The van der Waals surface area contributed by atoms with Gasteiger partial charge in [-0.25, -0.2) is 8.42 Å². The third kappa shape index (κ3) is 5.08. The van der Waals surface area contributed by atoms with Crippen LogP contribution < -0.4 is 10.5 Å². The van der Waals surface area contributed by atoms with Crippen LogP contribution in [0.3, 0.4) is 0 Å². The smallest absolute Gasteiger partial charge is 0.260 e. The number of nitrogens with two attached hydrogens (primary N) is 1. The Hall–Kier alpha value is -2.13. The second-order valence-corrected chi connectivity index (χ2v) is 9.68. The second kappa shape index (κ2) is 9.13. The Morgan fingerprint density at radius 2 is 1.76 bits per heavy atom. The number of primary amides is 1. The van der Waals surface area contributed by atoms with Crippen molar-refractivity contribution in [2.24, 2.45) is 11.7 Å². The molecule has 8 nitrogen and oxygen atoms in total. The average molecular weight is 424 g/mol. The van der Waals surface area contributed by atoms with Crippen molar-refractivity contribution in [3.63, 3.8) is 0 Å². The van der Waals surface area contributed by atoms with E-state index in [1.54, 1.807) is 24.0 Å². The van der Waals surface area contributed by atoms with Crippen LogP contribution in [-0.4, -0.2) is 62.2 Å². The first-order chi connectivity index (χ1) is 13.8. The summed E-state index contributed by atoms with van der Waals surface area (Å²) in [7, 11) is -3.50. The summed E-state index contributed by atoms with van der Waals surface area (Å²) in [5.41, 5.74) is 5.99. The van der Waals surface area contributed by atoms with Crippen LogP contribution in [0.25, 0.3) is 0 Å². The quantitative estimate of drug-likeness (QED) is 0.741. The number of nitrogens with zero attached hydrogens (tertiary/aromatic N) is 2.